The van der Waals surface area contributed by atoms with Crippen molar-refractivity contribution in [2.24, 2.45) is 0 Å². The summed E-state index contributed by atoms with van der Waals surface area (Å²) >= 11 is 0. The van der Waals surface area contributed by atoms with Crippen LogP contribution in [0.5, 0.6) is 0 Å². The average Bonchev–Trinajstić information content (AvgIpc) is 2.67. The first-order chi connectivity index (χ1) is 8.62. The van der Waals surface area contributed by atoms with Crippen LogP contribution >= 0.6 is 0 Å². The molecule has 0 N–H and O–H groups in total. The highest BCUT2D eigenvalue weighted by Crippen LogP contribution is 2.36. The fourth-order valence-electron chi connectivity index (χ4n) is 2.70. The molecule has 1 fully saturated rings. The van der Waals surface area contributed by atoms with Gasteiger partial charge in [0.2, 0.25) is 0 Å². The van der Waals surface area contributed by atoms with Crippen molar-refractivity contribution in [1.82, 2.24) is 0 Å². The van der Waals surface area contributed by atoms with Gasteiger partial charge in [-0.25, -0.2) is 0 Å². The molecule has 0 amide bonds. The summed E-state index contributed by atoms with van der Waals surface area (Å²) in [5.74, 6) is 0.0885. The molecule has 2 nitrogen and oxygen atoms in total. The van der Waals surface area contributed by atoms with Gasteiger partial charge in [0.15, 0.2) is 11.6 Å². The number of fused-ring (bicyclic) bond motifs is 1. The zero-order chi connectivity index (χ0) is 12.8. The molecule has 2 heteroatoms. The van der Waals surface area contributed by atoms with Crippen LogP contribution in [-0.2, 0) is 15.0 Å². The van der Waals surface area contributed by atoms with Gasteiger partial charge in [0.1, 0.15) is 5.41 Å². The molecule has 2 aromatic carbocycles. The van der Waals surface area contributed by atoms with Crippen LogP contribution in [0.3, 0.4) is 0 Å². The van der Waals surface area contributed by atoms with Crippen molar-refractivity contribution in [2.75, 3.05) is 0 Å². The quantitative estimate of drug-likeness (QED) is 0.716. The Hall–Kier alpha value is -1.96. The molecule has 18 heavy (non-hydrogen) atoms. The molecule has 0 aromatic heterocycles. The van der Waals surface area contributed by atoms with Gasteiger partial charge in [-0.1, -0.05) is 36.4 Å². The van der Waals surface area contributed by atoms with E-state index in [-0.39, 0.29) is 11.6 Å². The Bertz CT molecular complexity index is 639. The van der Waals surface area contributed by atoms with E-state index in [1.54, 1.807) is 6.92 Å². The van der Waals surface area contributed by atoms with Crippen LogP contribution in [0.2, 0.25) is 0 Å². The van der Waals surface area contributed by atoms with Crippen LogP contribution in [0.1, 0.15) is 25.3 Å². The second-order valence-electron chi connectivity index (χ2n) is 5.03. The number of ketones is 2. The molecule has 0 bridgehead atoms. The summed E-state index contributed by atoms with van der Waals surface area (Å²) in [6.07, 6.45) is 0.754. The van der Waals surface area contributed by atoms with Crippen molar-refractivity contribution in [2.45, 2.75) is 25.2 Å². The second-order valence-corrected chi connectivity index (χ2v) is 5.03. The summed E-state index contributed by atoms with van der Waals surface area (Å²) in [6.45, 7) is 1.76. The Morgan fingerprint density at radius 2 is 1.50 bits per heavy atom. The van der Waals surface area contributed by atoms with Gasteiger partial charge in [0, 0.05) is 12.8 Å². The number of Topliss-reactive ketones (excluding diaryl/α,β-unsaturated/α-hetero) is 2. The SMILES string of the molecule is CC1(c2ccc3ccccc3c2)C(=O)CCC1=O. The fraction of sp³-hybridized carbons (Fsp3) is 0.250. The molecule has 0 atom stereocenters. The lowest BCUT2D eigenvalue weighted by molar-refractivity contribution is -0.128. The Kier molecular flexibility index (Phi) is 2.34. The number of rotatable bonds is 1. The molecule has 3 rings (SSSR count). The topological polar surface area (TPSA) is 34.1 Å². The second kappa shape index (κ2) is 3.77. The highest BCUT2D eigenvalue weighted by molar-refractivity contribution is 6.17. The summed E-state index contributed by atoms with van der Waals surface area (Å²) in [5.41, 5.74) is -0.0991. The molecule has 1 aliphatic rings. The third-order valence-corrected chi connectivity index (χ3v) is 4.02. The van der Waals surface area contributed by atoms with Crippen LogP contribution in [0, 0.1) is 0 Å². The first kappa shape index (κ1) is 11.1. The molecule has 1 saturated carbocycles. The molecule has 0 spiro atoms. The predicted octanol–water partition coefficient (Wildman–Crippen LogP) is 3.03. The van der Waals surface area contributed by atoms with Crippen molar-refractivity contribution >= 4 is 22.3 Å². The first-order valence-corrected chi connectivity index (χ1v) is 6.18. The van der Waals surface area contributed by atoms with E-state index in [4.69, 9.17) is 0 Å². The van der Waals surface area contributed by atoms with Crippen LogP contribution in [0.4, 0.5) is 0 Å². The Morgan fingerprint density at radius 1 is 0.889 bits per heavy atom. The van der Waals surface area contributed by atoms with Crippen molar-refractivity contribution in [3.63, 3.8) is 0 Å². The predicted molar refractivity (Wildman–Crippen MR) is 70.5 cm³/mol. The standard InChI is InChI=1S/C16H14O2/c1-16(14(17)8-9-15(16)18)13-7-6-11-4-2-3-5-12(11)10-13/h2-7,10H,8-9H2,1H3. The number of carbonyl (C=O) groups is 2. The number of hydrogen-bond donors (Lipinski definition) is 0. The summed E-state index contributed by atoms with van der Waals surface area (Å²) in [6, 6.07) is 13.8. The van der Waals surface area contributed by atoms with Gasteiger partial charge in [0.05, 0.1) is 0 Å². The molecule has 1 aliphatic carbocycles. The molecule has 0 radical (unpaired) electrons. The maximum Gasteiger partial charge on any atom is 0.150 e. The minimum atomic E-state index is -0.927. The van der Waals surface area contributed by atoms with Crippen molar-refractivity contribution in [1.29, 1.82) is 0 Å². The highest BCUT2D eigenvalue weighted by atomic mass is 16.2. The van der Waals surface area contributed by atoms with Gasteiger partial charge in [-0.2, -0.15) is 0 Å². The van der Waals surface area contributed by atoms with Crippen molar-refractivity contribution < 1.29 is 9.59 Å². The van der Waals surface area contributed by atoms with E-state index in [0.29, 0.717) is 12.8 Å². The summed E-state index contributed by atoms with van der Waals surface area (Å²) in [4.78, 5) is 24.0. The molecular formula is C16H14O2. The number of carbonyl (C=O) groups excluding carboxylic acids is 2. The third kappa shape index (κ3) is 1.42. The number of hydrogen-bond acceptors (Lipinski definition) is 2. The molecule has 0 saturated heterocycles. The van der Waals surface area contributed by atoms with E-state index in [2.05, 4.69) is 0 Å². The molecule has 0 aliphatic heterocycles. The lowest BCUT2D eigenvalue weighted by Crippen LogP contribution is -2.34. The van der Waals surface area contributed by atoms with Gasteiger partial charge in [-0.15, -0.1) is 0 Å². The van der Waals surface area contributed by atoms with E-state index in [1.807, 2.05) is 42.5 Å². The van der Waals surface area contributed by atoms with Crippen LogP contribution in [-0.4, -0.2) is 11.6 Å². The van der Waals surface area contributed by atoms with E-state index in [9.17, 15) is 9.59 Å². The van der Waals surface area contributed by atoms with E-state index in [1.165, 1.54) is 0 Å². The minimum Gasteiger partial charge on any atom is -0.298 e. The summed E-state index contributed by atoms with van der Waals surface area (Å²) in [7, 11) is 0. The first-order valence-electron chi connectivity index (χ1n) is 6.18. The Balaban J connectivity index is 2.20. The Labute approximate surface area is 106 Å². The monoisotopic (exact) mass is 238 g/mol. The van der Waals surface area contributed by atoms with Gasteiger partial charge in [-0.3, -0.25) is 9.59 Å². The lowest BCUT2D eigenvalue weighted by Gasteiger charge is -2.21. The maximum absolute atomic E-state index is 12.0. The summed E-state index contributed by atoms with van der Waals surface area (Å²) in [5, 5.41) is 2.20. The van der Waals surface area contributed by atoms with Crippen molar-refractivity contribution in [3.8, 4) is 0 Å². The van der Waals surface area contributed by atoms with E-state index >= 15 is 0 Å². The molecular weight excluding hydrogens is 224 g/mol. The van der Waals surface area contributed by atoms with Gasteiger partial charge < -0.3 is 0 Å². The lowest BCUT2D eigenvalue weighted by atomic mass is 9.78. The fourth-order valence-corrected chi connectivity index (χ4v) is 2.70. The Morgan fingerprint density at radius 3 is 2.17 bits per heavy atom. The smallest absolute Gasteiger partial charge is 0.150 e. The number of benzene rings is 2. The largest absolute Gasteiger partial charge is 0.298 e. The summed E-state index contributed by atoms with van der Waals surface area (Å²) < 4.78 is 0. The van der Waals surface area contributed by atoms with Crippen LogP contribution in [0.25, 0.3) is 10.8 Å². The molecule has 2 aromatic rings. The molecule has 0 unspecified atom stereocenters. The average molecular weight is 238 g/mol. The maximum atomic E-state index is 12.0. The van der Waals surface area contributed by atoms with Crippen LogP contribution in [0.15, 0.2) is 42.5 Å². The zero-order valence-electron chi connectivity index (χ0n) is 10.3. The molecule has 0 heterocycles. The molecule has 90 valence electrons. The normalized spacial score (nSPS) is 18.5. The van der Waals surface area contributed by atoms with Crippen molar-refractivity contribution in [3.05, 3.63) is 48.0 Å². The van der Waals surface area contributed by atoms with Gasteiger partial charge in [0.25, 0.3) is 0 Å². The zero-order valence-corrected chi connectivity index (χ0v) is 10.3. The third-order valence-electron chi connectivity index (χ3n) is 4.02. The minimum absolute atomic E-state index is 0.0442. The van der Waals surface area contributed by atoms with Gasteiger partial charge >= 0.3 is 0 Å². The highest BCUT2D eigenvalue weighted by Gasteiger charge is 2.46. The van der Waals surface area contributed by atoms with E-state index < -0.39 is 5.41 Å². The van der Waals surface area contributed by atoms with Gasteiger partial charge in [-0.05, 0) is 29.3 Å². The van der Waals surface area contributed by atoms with E-state index in [0.717, 1.165) is 16.3 Å². The van der Waals surface area contributed by atoms with Crippen LogP contribution < -0.4 is 0 Å².